The summed E-state index contributed by atoms with van der Waals surface area (Å²) in [6.45, 7) is 4.66. The molecule has 0 saturated heterocycles. The lowest BCUT2D eigenvalue weighted by atomic mass is 10.1. The summed E-state index contributed by atoms with van der Waals surface area (Å²) >= 11 is 0. The van der Waals surface area contributed by atoms with E-state index in [-0.39, 0.29) is 12.6 Å². The molecule has 0 fully saturated rings. The molecule has 0 aromatic heterocycles. The molecule has 0 amide bonds. The summed E-state index contributed by atoms with van der Waals surface area (Å²) in [6, 6.07) is 7.30. The lowest BCUT2D eigenvalue weighted by Crippen LogP contribution is -2.13. The van der Waals surface area contributed by atoms with Crippen molar-refractivity contribution in [2.75, 3.05) is 46.8 Å². The van der Waals surface area contributed by atoms with E-state index in [0.29, 0.717) is 38.6 Å². The molecule has 1 rings (SSSR count). The lowest BCUT2D eigenvalue weighted by Gasteiger charge is -2.07. The van der Waals surface area contributed by atoms with Crippen molar-refractivity contribution in [3.8, 4) is 0 Å². The number of hydrogen-bond acceptors (Lipinski definition) is 5. The summed E-state index contributed by atoms with van der Waals surface area (Å²) in [7, 11) is 1.63. The van der Waals surface area contributed by atoms with Crippen LogP contribution in [0.15, 0.2) is 24.3 Å². The number of benzene rings is 1. The highest BCUT2D eigenvalue weighted by Gasteiger charge is 2.06. The number of ether oxygens (including phenoxy) is 4. The van der Waals surface area contributed by atoms with E-state index in [4.69, 9.17) is 18.9 Å². The van der Waals surface area contributed by atoms with Crippen LogP contribution in [0.3, 0.4) is 0 Å². The van der Waals surface area contributed by atoms with Gasteiger partial charge in [0.2, 0.25) is 0 Å². The molecule has 0 aliphatic carbocycles. The van der Waals surface area contributed by atoms with Gasteiger partial charge in [0.15, 0.2) is 0 Å². The third-order valence-corrected chi connectivity index (χ3v) is 2.52. The van der Waals surface area contributed by atoms with Crippen molar-refractivity contribution in [1.29, 1.82) is 0 Å². The molecule has 0 heterocycles. The van der Waals surface area contributed by atoms with Crippen molar-refractivity contribution < 1.29 is 23.7 Å². The molecule has 0 spiro atoms. The number of rotatable bonds is 10. The Balaban J connectivity index is 2.02. The first-order valence-electron chi connectivity index (χ1n) is 6.62. The minimum atomic E-state index is -0.325. The van der Waals surface area contributed by atoms with Gasteiger partial charge >= 0.3 is 5.97 Å². The van der Waals surface area contributed by atoms with Gasteiger partial charge in [-0.15, -0.1) is 0 Å². The van der Waals surface area contributed by atoms with E-state index in [0.717, 1.165) is 5.56 Å². The van der Waals surface area contributed by atoms with Gasteiger partial charge in [0.05, 0.1) is 38.6 Å². The third kappa shape index (κ3) is 7.23. The topological polar surface area (TPSA) is 54.0 Å². The van der Waals surface area contributed by atoms with Crippen molar-refractivity contribution in [1.82, 2.24) is 0 Å². The van der Waals surface area contributed by atoms with Crippen LogP contribution in [0, 0.1) is 6.92 Å². The third-order valence-electron chi connectivity index (χ3n) is 2.52. The minimum absolute atomic E-state index is 0.241. The molecule has 5 nitrogen and oxygen atoms in total. The molecule has 20 heavy (non-hydrogen) atoms. The number of hydrogen-bond donors (Lipinski definition) is 0. The van der Waals surface area contributed by atoms with Crippen molar-refractivity contribution >= 4 is 5.97 Å². The van der Waals surface area contributed by atoms with Crippen LogP contribution in [-0.2, 0) is 18.9 Å². The van der Waals surface area contributed by atoms with Gasteiger partial charge in [-0.05, 0) is 19.1 Å². The average Bonchev–Trinajstić information content (AvgIpc) is 2.45. The van der Waals surface area contributed by atoms with Crippen LogP contribution >= 0.6 is 0 Å². The maximum Gasteiger partial charge on any atom is 0.338 e. The second-order valence-electron chi connectivity index (χ2n) is 4.22. The molecule has 112 valence electrons. The first-order valence-corrected chi connectivity index (χ1v) is 6.62. The average molecular weight is 282 g/mol. The summed E-state index contributed by atoms with van der Waals surface area (Å²) < 4.78 is 20.5. The monoisotopic (exact) mass is 282 g/mol. The highest BCUT2D eigenvalue weighted by Crippen LogP contribution is 2.05. The Labute approximate surface area is 119 Å². The lowest BCUT2D eigenvalue weighted by molar-refractivity contribution is 0.00570. The quantitative estimate of drug-likeness (QED) is 0.484. The standard InChI is InChI=1S/C15H22O5/c1-13-4-3-5-14(12-13)15(16)20-11-10-19-9-8-18-7-6-17-2/h3-5,12H,6-11H2,1-2H3. The van der Waals surface area contributed by atoms with Gasteiger partial charge in [0, 0.05) is 7.11 Å². The summed E-state index contributed by atoms with van der Waals surface area (Å²) in [4.78, 5) is 11.7. The molecule has 0 atom stereocenters. The molecular weight excluding hydrogens is 260 g/mol. The van der Waals surface area contributed by atoms with Crippen LogP contribution in [0.4, 0.5) is 0 Å². The van der Waals surface area contributed by atoms with Gasteiger partial charge in [-0.1, -0.05) is 17.7 Å². The van der Waals surface area contributed by atoms with Crippen LogP contribution in [0.1, 0.15) is 15.9 Å². The van der Waals surface area contributed by atoms with E-state index in [9.17, 15) is 4.79 Å². The second-order valence-corrected chi connectivity index (χ2v) is 4.22. The van der Waals surface area contributed by atoms with Crippen LogP contribution in [-0.4, -0.2) is 52.7 Å². The fourth-order valence-electron chi connectivity index (χ4n) is 1.51. The van der Waals surface area contributed by atoms with E-state index < -0.39 is 0 Å². The highest BCUT2D eigenvalue weighted by atomic mass is 16.6. The molecular formula is C15H22O5. The summed E-state index contributed by atoms with van der Waals surface area (Å²) in [5.41, 5.74) is 1.59. The second kappa shape index (κ2) is 10.4. The molecule has 0 N–H and O–H groups in total. The number of carbonyl (C=O) groups is 1. The molecule has 1 aromatic carbocycles. The maximum absolute atomic E-state index is 11.7. The minimum Gasteiger partial charge on any atom is -0.460 e. The van der Waals surface area contributed by atoms with E-state index in [2.05, 4.69) is 0 Å². The van der Waals surface area contributed by atoms with Gasteiger partial charge in [-0.25, -0.2) is 4.79 Å². The van der Waals surface area contributed by atoms with Gasteiger partial charge in [-0.3, -0.25) is 0 Å². The molecule has 0 bridgehead atoms. The summed E-state index contributed by atoms with van der Waals surface area (Å²) in [6.07, 6.45) is 0. The van der Waals surface area contributed by atoms with E-state index in [1.807, 2.05) is 19.1 Å². The summed E-state index contributed by atoms with van der Waals surface area (Å²) in [5.74, 6) is -0.325. The van der Waals surface area contributed by atoms with Crippen molar-refractivity contribution in [3.63, 3.8) is 0 Å². The number of aryl methyl sites for hydroxylation is 1. The molecule has 0 radical (unpaired) electrons. The first-order chi connectivity index (χ1) is 9.74. The fraction of sp³-hybridized carbons (Fsp3) is 0.533. The molecule has 0 saturated carbocycles. The van der Waals surface area contributed by atoms with E-state index in [1.54, 1.807) is 19.2 Å². The number of carbonyl (C=O) groups excluding carboxylic acids is 1. The van der Waals surface area contributed by atoms with Crippen LogP contribution in [0.25, 0.3) is 0 Å². The zero-order chi connectivity index (χ0) is 14.6. The Kier molecular flexibility index (Phi) is 8.62. The molecule has 1 aromatic rings. The number of esters is 1. The Morgan fingerprint density at radius 1 is 1.00 bits per heavy atom. The predicted molar refractivity (Wildman–Crippen MR) is 75.0 cm³/mol. The SMILES string of the molecule is COCCOCCOCCOC(=O)c1cccc(C)c1. The largest absolute Gasteiger partial charge is 0.460 e. The molecule has 0 aliphatic heterocycles. The molecule has 5 heteroatoms. The Bertz CT molecular complexity index is 392. The van der Waals surface area contributed by atoms with E-state index >= 15 is 0 Å². The smallest absolute Gasteiger partial charge is 0.338 e. The fourth-order valence-corrected chi connectivity index (χ4v) is 1.51. The zero-order valence-corrected chi connectivity index (χ0v) is 12.1. The zero-order valence-electron chi connectivity index (χ0n) is 12.1. The van der Waals surface area contributed by atoms with Gasteiger partial charge in [0.25, 0.3) is 0 Å². The number of methoxy groups -OCH3 is 1. The first kappa shape index (κ1) is 16.6. The van der Waals surface area contributed by atoms with Gasteiger partial charge < -0.3 is 18.9 Å². The Hall–Kier alpha value is -1.43. The van der Waals surface area contributed by atoms with Gasteiger partial charge in [0.1, 0.15) is 6.61 Å². The summed E-state index contributed by atoms with van der Waals surface area (Å²) in [5, 5.41) is 0. The Morgan fingerprint density at radius 3 is 2.30 bits per heavy atom. The maximum atomic E-state index is 11.7. The van der Waals surface area contributed by atoms with Crippen LogP contribution < -0.4 is 0 Å². The Morgan fingerprint density at radius 2 is 1.65 bits per heavy atom. The molecule has 0 unspecified atom stereocenters. The van der Waals surface area contributed by atoms with E-state index in [1.165, 1.54) is 0 Å². The van der Waals surface area contributed by atoms with Crippen LogP contribution in [0.2, 0.25) is 0 Å². The van der Waals surface area contributed by atoms with Gasteiger partial charge in [-0.2, -0.15) is 0 Å². The highest BCUT2D eigenvalue weighted by molar-refractivity contribution is 5.89. The van der Waals surface area contributed by atoms with Crippen LogP contribution in [0.5, 0.6) is 0 Å². The normalized spacial score (nSPS) is 10.5. The van der Waals surface area contributed by atoms with Crippen molar-refractivity contribution in [2.24, 2.45) is 0 Å². The van der Waals surface area contributed by atoms with Crippen molar-refractivity contribution in [3.05, 3.63) is 35.4 Å². The molecule has 0 aliphatic rings. The van der Waals surface area contributed by atoms with Crippen molar-refractivity contribution in [2.45, 2.75) is 6.92 Å². The predicted octanol–water partition coefficient (Wildman–Crippen LogP) is 1.83.